The molecule has 2 aliphatic rings. The molecule has 0 aliphatic carbocycles. The molecule has 2 heterocycles. The first-order chi connectivity index (χ1) is 20.3. The number of hydrogen-bond acceptors (Lipinski definition) is 7. The van der Waals surface area contributed by atoms with Gasteiger partial charge >= 0.3 is 0 Å². The fourth-order valence-electron chi connectivity index (χ4n) is 4.77. The van der Waals surface area contributed by atoms with Crippen molar-refractivity contribution in [2.24, 2.45) is 5.92 Å². The quantitative estimate of drug-likeness (QED) is 0.269. The predicted molar refractivity (Wildman–Crippen MR) is 169 cm³/mol. The van der Waals surface area contributed by atoms with Crippen LogP contribution < -0.4 is 10.1 Å². The van der Waals surface area contributed by atoms with Gasteiger partial charge in [-0.25, -0.2) is 0 Å². The molecule has 0 bridgehead atoms. The highest BCUT2D eigenvalue weighted by Crippen LogP contribution is 2.33. The fraction of sp³-hybridized carbons (Fsp3) is 0.400. The van der Waals surface area contributed by atoms with Crippen molar-refractivity contribution >= 4 is 43.4 Å². The molecule has 0 amide bonds. The van der Waals surface area contributed by atoms with E-state index in [2.05, 4.69) is 10.2 Å². The summed E-state index contributed by atoms with van der Waals surface area (Å²) >= 11 is 12.2. The van der Waals surface area contributed by atoms with Gasteiger partial charge in [0, 0.05) is 25.2 Å². The maximum absolute atomic E-state index is 10.4. The summed E-state index contributed by atoms with van der Waals surface area (Å²) in [5, 5.41) is 4.64. The van der Waals surface area contributed by atoms with Gasteiger partial charge in [-0.1, -0.05) is 59.6 Å². The molecular formula is C30H38Cl2N2O7S2. The number of rotatable bonds is 6. The number of likely N-dealkylation sites (tertiary alicyclic amines) is 1. The van der Waals surface area contributed by atoms with Gasteiger partial charge in [-0.3, -0.25) is 9.11 Å². The van der Waals surface area contributed by atoms with Crippen LogP contribution in [0, 0.1) is 12.8 Å². The Kier molecular flexibility index (Phi) is 13.7. The first-order valence-electron chi connectivity index (χ1n) is 13.9. The molecule has 9 nitrogen and oxygen atoms in total. The summed E-state index contributed by atoms with van der Waals surface area (Å²) in [5.74, 6) is 1.74. The summed E-state index contributed by atoms with van der Waals surface area (Å²) in [6.45, 7) is 7.85. The Labute approximate surface area is 264 Å². The third kappa shape index (κ3) is 12.0. The Balaban J connectivity index is 0.000000209. The van der Waals surface area contributed by atoms with Crippen molar-refractivity contribution in [3.05, 3.63) is 88.4 Å². The molecule has 2 fully saturated rings. The molecular weight excluding hydrogens is 635 g/mol. The standard InChI is InChI=1S/C18H26Cl2N2O.2C6H6O3S/c1-13-17(3-2-16(19)18(13)20)23-15-6-10-22(11-7-15)12-14-4-8-21-9-5-14;2*7-10(8,9)6-4-2-1-3-5-6/h2-3,14-15,21H,4-12H2,1H3;2*1-5H,(H,7,8,9). The first kappa shape index (κ1) is 35.3. The van der Waals surface area contributed by atoms with Gasteiger partial charge < -0.3 is 15.0 Å². The molecule has 2 saturated heterocycles. The third-order valence-corrected chi connectivity index (χ3v) is 9.81. The van der Waals surface area contributed by atoms with E-state index in [1.165, 1.54) is 56.7 Å². The number of nitrogens with one attached hydrogen (secondary N) is 1. The van der Waals surface area contributed by atoms with E-state index in [0.717, 1.165) is 43.2 Å². The van der Waals surface area contributed by atoms with Gasteiger partial charge in [0.15, 0.2) is 0 Å². The van der Waals surface area contributed by atoms with E-state index >= 15 is 0 Å². The topological polar surface area (TPSA) is 133 Å². The molecule has 13 heteroatoms. The molecule has 3 aromatic rings. The molecule has 3 N–H and O–H groups in total. The van der Waals surface area contributed by atoms with E-state index < -0.39 is 20.2 Å². The lowest BCUT2D eigenvalue weighted by atomic mass is 9.96. The summed E-state index contributed by atoms with van der Waals surface area (Å²) < 4.78 is 64.7. The maximum Gasteiger partial charge on any atom is 0.294 e. The highest BCUT2D eigenvalue weighted by atomic mass is 35.5. The van der Waals surface area contributed by atoms with Gasteiger partial charge in [0.25, 0.3) is 20.2 Å². The minimum atomic E-state index is -4.00. The lowest BCUT2D eigenvalue weighted by Crippen LogP contribution is -2.42. The van der Waals surface area contributed by atoms with Crippen LogP contribution in [-0.4, -0.2) is 69.7 Å². The van der Waals surface area contributed by atoms with Crippen LogP contribution in [0.3, 0.4) is 0 Å². The van der Waals surface area contributed by atoms with Crippen molar-refractivity contribution in [1.29, 1.82) is 0 Å². The van der Waals surface area contributed by atoms with Crippen LogP contribution in [0.5, 0.6) is 5.75 Å². The van der Waals surface area contributed by atoms with Gasteiger partial charge in [-0.2, -0.15) is 16.8 Å². The first-order valence-corrected chi connectivity index (χ1v) is 17.6. The Morgan fingerprint density at radius 3 is 1.72 bits per heavy atom. The zero-order valence-corrected chi connectivity index (χ0v) is 27.0. The zero-order valence-electron chi connectivity index (χ0n) is 23.9. The predicted octanol–water partition coefficient (Wildman–Crippen LogP) is 6.01. The smallest absolute Gasteiger partial charge is 0.294 e. The summed E-state index contributed by atoms with van der Waals surface area (Å²) in [7, 11) is -8.01. The van der Waals surface area contributed by atoms with E-state index in [4.69, 9.17) is 37.0 Å². The van der Waals surface area contributed by atoms with Crippen LogP contribution in [-0.2, 0) is 20.2 Å². The lowest BCUT2D eigenvalue weighted by molar-refractivity contribution is 0.0868. The molecule has 3 aromatic carbocycles. The van der Waals surface area contributed by atoms with Crippen LogP contribution in [0.15, 0.2) is 82.6 Å². The van der Waals surface area contributed by atoms with Crippen molar-refractivity contribution in [3.8, 4) is 5.75 Å². The minimum absolute atomic E-state index is 0.0741. The average molecular weight is 674 g/mol. The van der Waals surface area contributed by atoms with Crippen LogP contribution in [0.2, 0.25) is 10.0 Å². The van der Waals surface area contributed by atoms with Crippen LogP contribution >= 0.6 is 23.2 Å². The highest BCUT2D eigenvalue weighted by Gasteiger charge is 2.24. The highest BCUT2D eigenvalue weighted by molar-refractivity contribution is 7.86. The van der Waals surface area contributed by atoms with E-state index in [1.807, 2.05) is 19.1 Å². The van der Waals surface area contributed by atoms with Gasteiger partial charge in [0.2, 0.25) is 0 Å². The molecule has 5 rings (SSSR count). The van der Waals surface area contributed by atoms with Crippen LogP contribution in [0.25, 0.3) is 0 Å². The van der Waals surface area contributed by atoms with Crippen LogP contribution in [0.1, 0.15) is 31.2 Å². The molecule has 0 aromatic heterocycles. The second-order valence-electron chi connectivity index (χ2n) is 10.4. The van der Waals surface area contributed by atoms with E-state index in [9.17, 15) is 16.8 Å². The minimum Gasteiger partial charge on any atom is -0.490 e. The second kappa shape index (κ2) is 16.7. The molecule has 236 valence electrons. The van der Waals surface area contributed by atoms with Gasteiger partial charge in [0.05, 0.1) is 19.8 Å². The zero-order chi connectivity index (χ0) is 31.5. The Morgan fingerprint density at radius 2 is 1.28 bits per heavy atom. The van der Waals surface area contributed by atoms with Crippen LogP contribution in [0.4, 0.5) is 0 Å². The fourth-order valence-corrected chi connectivity index (χ4v) is 6.13. The number of benzene rings is 3. The molecule has 0 unspecified atom stereocenters. The molecule has 0 atom stereocenters. The summed E-state index contributed by atoms with van der Waals surface area (Å²) in [6, 6.07) is 18.6. The maximum atomic E-state index is 10.4. The number of nitrogens with zero attached hydrogens (tertiary/aromatic N) is 1. The number of ether oxygens (including phenoxy) is 1. The summed E-state index contributed by atoms with van der Waals surface area (Å²) in [6.07, 6.45) is 5.10. The van der Waals surface area contributed by atoms with Crippen molar-refractivity contribution in [2.45, 2.75) is 48.5 Å². The van der Waals surface area contributed by atoms with E-state index in [0.29, 0.717) is 10.0 Å². The number of piperidine rings is 2. The largest absolute Gasteiger partial charge is 0.490 e. The molecule has 0 radical (unpaired) electrons. The van der Waals surface area contributed by atoms with E-state index in [1.54, 1.807) is 36.4 Å². The summed E-state index contributed by atoms with van der Waals surface area (Å²) in [5.41, 5.74) is 0.941. The number of halogens is 2. The molecule has 0 saturated carbocycles. The van der Waals surface area contributed by atoms with Crippen molar-refractivity contribution in [3.63, 3.8) is 0 Å². The van der Waals surface area contributed by atoms with Gasteiger partial charge in [0.1, 0.15) is 11.9 Å². The number of hydrogen-bond donors (Lipinski definition) is 3. The molecule has 0 spiro atoms. The summed E-state index contributed by atoms with van der Waals surface area (Å²) in [4.78, 5) is 2.46. The lowest BCUT2D eigenvalue weighted by Gasteiger charge is -2.35. The normalized spacial score (nSPS) is 16.8. The second-order valence-corrected chi connectivity index (χ2v) is 14.0. The Morgan fingerprint density at radius 1 is 0.791 bits per heavy atom. The third-order valence-electron chi connectivity index (χ3n) is 7.18. The van der Waals surface area contributed by atoms with E-state index in [-0.39, 0.29) is 15.9 Å². The van der Waals surface area contributed by atoms with Crippen molar-refractivity contribution in [1.82, 2.24) is 10.2 Å². The monoisotopic (exact) mass is 672 g/mol. The Hall–Kier alpha value is -2.22. The van der Waals surface area contributed by atoms with Gasteiger partial charge in [-0.05, 0) is 88.0 Å². The molecule has 43 heavy (non-hydrogen) atoms. The van der Waals surface area contributed by atoms with Crippen molar-refractivity contribution in [2.75, 3.05) is 32.7 Å². The van der Waals surface area contributed by atoms with Gasteiger partial charge in [-0.15, -0.1) is 0 Å². The SMILES string of the molecule is Cc1c(OC2CCN(CC3CCNCC3)CC2)ccc(Cl)c1Cl.O=S(=O)(O)c1ccccc1.O=S(=O)(O)c1ccccc1. The molecule has 2 aliphatic heterocycles. The average Bonchev–Trinajstić information content (AvgIpc) is 3.00. The Bertz CT molecular complexity index is 1430. The van der Waals surface area contributed by atoms with Crippen molar-refractivity contribution < 1.29 is 30.7 Å².